The number of amides is 1. The molecule has 0 aliphatic carbocycles. The second-order valence-corrected chi connectivity index (χ2v) is 6.78. The smallest absolute Gasteiger partial charge is 0.255 e. The third-order valence-electron chi connectivity index (χ3n) is 4.73. The molecule has 0 aliphatic rings. The number of benzene rings is 1. The molecule has 0 atom stereocenters. The largest absolute Gasteiger partial charge is 0.496 e. The standard InChI is InChI=1S/C23H26N4O2/c1-27(14-10-18-7-11-24-12-8-18)23(28)20-15-21(17-25-16-20)26-13-9-19-5-3-4-6-22(19)29-2/h3-8,11-12,15-17,26H,9-10,13-14H2,1-2H3. The van der Waals surface area contributed by atoms with Crippen LogP contribution in [0.3, 0.4) is 0 Å². The van der Waals surface area contributed by atoms with Crippen LogP contribution in [0.15, 0.2) is 67.3 Å². The van der Waals surface area contributed by atoms with E-state index in [1.807, 2.05) is 43.4 Å². The van der Waals surface area contributed by atoms with Crippen LogP contribution in [0, 0.1) is 0 Å². The summed E-state index contributed by atoms with van der Waals surface area (Å²) in [4.78, 5) is 22.7. The Hall–Kier alpha value is -3.41. The molecule has 0 bridgehead atoms. The minimum Gasteiger partial charge on any atom is -0.496 e. The summed E-state index contributed by atoms with van der Waals surface area (Å²) in [6.07, 6.45) is 8.47. The lowest BCUT2D eigenvalue weighted by Gasteiger charge is -2.17. The fourth-order valence-electron chi connectivity index (χ4n) is 3.07. The van der Waals surface area contributed by atoms with Crippen molar-refractivity contribution in [2.45, 2.75) is 12.8 Å². The lowest BCUT2D eigenvalue weighted by atomic mass is 10.1. The maximum Gasteiger partial charge on any atom is 0.255 e. The molecule has 29 heavy (non-hydrogen) atoms. The summed E-state index contributed by atoms with van der Waals surface area (Å²) in [5.41, 5.74) is 3.70. The predicted octanol–water partition coefficient (Wildman–Crippen LogP) is 3.45. The SMILES string of the molecule is COc1ccccc1CCNc1cncc(C(=O)N(C)CCc2ccncc2)c1. The fourth-order valence-corrected chi connectivity index (χ4v) is 3.07. The Balaban J connectivity index is 1.54. The normalized spacial score (nSPS) is 10.4. The number of anilines is 1. The first-order valence-electron chi connectivity index (χ1n) is 9.62. The van der Waals surface area contributed by atoms with Crippen LogP contribution in [0.5, 0.6) is 5.75 Å². The van der Waals surface area contributed by atoms with E-state index in [1.54, 1.807) is 36.8 Å². The minimum atomic E-state index is -0.0417. The molecular weight excluding hydrogens is 364 g/mol. The van der Waals surface area contributed by atoms with E-state index in [0.29, 0.717) is 12.1 Å². The molecule has 0 aliphatic heterocycles. The van der Waals surface area contributed by atoms with E-state index in [4.69, 9.17) is 4.74 Å². The number of rotatable bonds is 9. The summed E-state index contributed by atoms with van der Waals surface area (Å²) in [6, 6.07) is 13.7. The van der Waals surface area contributed by atoms with Crippen molar-refractivity contribution in [3.8, 4) is 5.75 Å². The molecule has 1 aromatic carbocycles. The van der Waals surface area contributed by atoms with Gasteiger partial charge in [-0.05, 0) is 48.2 Å². The Labute approximate surface area is 171 Å². The van der Waals surface area contributed by atoms with Crippen molar-refractivity contribution in [3.05, 3.63) is 83.9 Å². The molecule has 0 saturated carbocycles. The number of para-hydroxylation sites is 1. The number of carbonyl (C=O) groups is 1. The number of pyridine rings is 2. The Kier molecular flexibility index (Phi) is 7.16. The molecule has 0 radical (unpaired) electrons. The summed E-state index contributed by atoms with van der Waals surface area (Å²) in [7, 11) is 3.49. The quantitative estimate of drug-likeness (QED) is 0.606. The topological polar surface area (TPSA) is 67.3 Å². The number of methoxy groups -OCH3 is 1. The van der Waals surface area contributed by atoms with Gasteiger partial charge in [0.15, 0.2) is 0 Å². The summed E-state index contributed by atoms with van der Waals surface area (Å²) >= 11 is 0. The zero-order chi connectivity index (χ0) is 20.5. The highest BCUT2D eigenvalue weighted by Crippen LogP contribution is 2.18. The van der Waals surface area contributed by atoms with Crippen molar-refractivity contribution >= 4 is 11.6 Å². The molecule has 6 nitrogen and oxygen atoms in total. The summed E-state index contributed by atoms with van der Waals surface area (Å²) in [5, 5.41) is 3.34. The van der Waals surface area contributed by atoms with Crippen LogP contribution < -0.4 is 10.1 Å². The van der Waals surface area contributed by atoms with Gasteiger partial charge in [-0.25, -0.2) is 0 Å². The molecular formula is C23H26N4O2. The number of ether oxygens (including phenoxy) is 1. The van der Waals surface area contributed by atoms with Crippen LogP contribution in [0.1, 0.15) is 21.5 Å². The number of likely N-dealkylation sites (N-methyl/N-ethyl adjacent to an activating group) is 1. The lowest BCUT2D eigenvalue weighted by Crippen LogP contribution is -2.29. The molecule has 1 N–H and O–H groups in total. The van der Waals surface area contributed by atoms with E-state index in [2.05, 4.69) is 21.4 Å². The van der Waals surface area contributed by atoms with Crippen LogP contribution in [0.4, 0.5) is 5.69 Å². The van der Waals surface area contributed by atoms with Gasteiger partial charge in [0, 0.05) is 44.9 Å². The predicted molar refractivity (Wildman–Crippen MR) is 114 cm³/mol. The van der Waals surface area contributed by atoms with E-state index in [9.17, 15) is 4.79 Å². The number of aromatic nitrogens is 2. The highest BCUT2D eigenvalue weighted by Gasteiger charge is 2.13. The maximum atomic E-state index is 12.7. The van der Waals surface area contributed by atoms with Crippen molar-refractivity contribution in [1.82, 2.24) is 14.9 Å². The van der Waals surface area contributed by atoms with Crippen molar-refractivity contribution < 1.29 is 9.53 Å². The third kappa shape index (κ3) is 5.78. The van der Waals surface area contributed by atoms with Gasteiger partial charge < -0.3 is 15.0 Å². The highest BCUT2D eigenvalue weighted by atomic mass is 16.5. The van der Waals surface area contributed by atoms with Crippen molar-refractivity contribution in [2.75, 3.05) is 32.6 Å². The summed E-state index contributed by atoms with van der Waals surface area (Å²) in [6.45, 7) is 1.35. The lowest BCUT2D eigenvalue weighted by molar-refractivity contribution is 0.0796. The molecule has 3 aromatic rings. The van der Waals surface area contributed by atoms with E-state index in [1.165, 1.54) is 0 Å². The first kappa shape index (κ1) is 20.3. The minimum absolute atomic E-state index is 0.0417. The Morgan fingerprint density at radius 3 is 2.66 bits per heavy atom. The number of carbonyl (C=O) groups excluding carboxylic acids is 1. The molecule has 0 fully saturated rings. The number of nitrogens with zero attached hydrogens (tertiary/aromatic N) is 3. The van der Waals surface area contributed by atoms with Gasteiger partial charge in [0.25, 0.3) is 5.91 Å². The van der Waals surface area contributed by atoms with Gasteiger partial charge in [-0.15, -0.1) is 0 Å². The monoisotopic (exact) mass is 390 g/mol. The molecule has 1 amide bonds. The van der Waals surface area contributed by atoms with Gasteiger partial charge in [-0.1, -0.05) is 18.2 Å². The molecule has 6 heteroatoms. The molecule has 2 heterocycles. The summed E-state index contributed by atoms with van der Waals surface area (Å²) < 4.78 is 5.39. The number of nitrogens with one attached hydrogen (secondary N) is 1. The first-order chi connectivity index (χ1) is 14.2. The van der Waals surface area contributed by atoms with Gasteiger partial charge in [-0.2, -0.15) is 0 Å². The number of hydrogen-bond acceptors (Lipinski definition) is 5. The van der Waals surface area contributed by atoms with Crippen molar-refractivity contribution in [2.24, 2.45) is 0 Å². The first-order valence-corrected chi connectivity index (χ1v) is 9.62. The maximum absolute atomic E-state index is 12.7. The Bertz CT molecular complexity index is 931. The molecule has 3 rings (SSSR count). The fraction of sp³-hybridized carbons (Fsp3) is 0.261. The van der Waals surface area contributed by atoms with Crippen LogP contribution in [0.2, 0.25) is 0 Å². The van der Waals surface area contributed by atoms with Gasteiger partial charge in [0.2, 0.25) is 0 Å². The Morgan fingerprint density at radius 1 is 1.07 bits per heavy atom. The van der Waals surface area contributed by atoms with Crippen LogP contribution in [0.25, 0.3) is 0 Å². The van der Waals surface area contributed by atoms with E-state index in [-0.39, 0.29) is 5.91 Å². The average molecular weight is 390 g/mol. The van der Waals surface area contributed by atoms with E-state index >= 15 is 0 Å². The van der Waals surface area contributed by atoms with Gasteiger partial charge in [0.1, 0.15) is 5.75 Å². The van der Waals surface area contributed by atoms with E-state index in [0.717, 1.165) is 42.0 Å². The third-order valence-corrected chi connectivity index (χ3v) is 4.73. The average Bonchev–Trinajstić information content (AvgIpc) is 2.78. The molecule has 0 unspecified atom stereocenters. The summed E-state index contributed by atoms with van der Waals surface area (Å²) in [5.74, 6) is 0.840. The second-order valence-electron chi connectivity index (χ2n) is 6.78. The van der Waals surface area contributed by atoms with Gasteiger partial charge >= 0.3 is 0 Å². The van der Waals surface area contributed by atoms with Gasteiger partial charge in [-0.3, -0.25) is 14.8 Å². The molecule has 0 saturated heterocycles. The van der Waals surface area contributed by atoms with Crippen LogP contribution >= 0.6 is 0 Å². The van der Waals surface area contributed by atoms with Crippen LogP contribution in [-0.4, -0.2) is 48.0 Å². The van der Waals surface area contributed by atoms with E-state index < -0.39 is 0 Å². The molecule has 0 spiro atoms. The Morgan fingerprint density at radius 2 is 1.86 bits per heavy atom. The molecule has 150 valence electrons. The zero-order valence-electron chi connectivity index (χ0n) is 16.8. The second kappa shape index (κ2) is 10.2. The van der Waals surface area contributed by atoms with Crippen molar-refractivity contribution in [1.29, 1.82) is 0 Å². The van der Waals surface area contributed by atoms with Gasteiger partial charge in [0.05, 0.1) is 18.4 Å². The molecule has 2 aromatic heterocycles. The van der Waals surface area contributed by atoms with Crippen molar-refractivity contribution in [3.63, 3.8) is 0 Å². The highest BCUT2D eigenvalue weighted by molar-refractivity contribution is 5.94. The van der Waals surface area contributed by atoms with Crippen LogP contribution in [-0.2, 0) is 12.8 Å². The number of hydrogen-bond donors (Lipinski definition) is 1. The zero-order valence-corrected chi connectivity index (χ0v) is 16.8.